The zero-order valence-electron chi connectivity index (χ0n) is 15.6. The first-order valence-electron chi connectivity index (χ1n) is 9.47. The van der Waals surface area contributed by atoms with Crippen LogP contribution in [0.5, 0.6) is 0 Å². The average molecular weight is 377 g/mol. The van der Waals surface area contributed by atoms with E-state index in [1.807, 2.05) is 59.5 Å². The monoisotopic (exact) mass is 377 g/mol. The van der Waals surface area contributed by atoms with Gasteiger partial charge in [0.15, 0.2) is 0 Å². The molecule has 1 aliphatic rings. The second-order valence-corrected chi connectivity index (χ2v) is 7.32. The molecule has 1 aromatic heterocycles. The largest absolute Gasteiger partial charge is 0.395 e. The molecule has 1 fully saturated rings. The minimum Gasteiger partial charge on any atom is -0.395 e. The van der Waals surface area contributed by atoms with E-state index in [0.717, 1.165) is 36.2 Å². The van der Waals surface area contributed by atoms with E-state index in [-0.39, 0.29) is 17.9 Å². The van der Waals surface area contributed by atoms with Crippen LogP contribution in [0.25, 0.3) is 5.69 Å². The van der Waals surface area contributed by atoms with Gasteiger partial charge in [0.1, 0.15) is 6.33 Å². The molecule has 3 aromatic rings. The summed E-state index contributed by atoms with van der Waals surface area (Å²) in [6, 6.07) is 17.7. The third-order valence-corrected chi connectivity index (χ3v) is 5.52. The summed E-state index contributed by atoms with van der Waals surface area (Å²) < 4.78 is 1.58. The summed E-state index contributed by atoms with van der Waals surface area (Å²) in [5.74, 6) is 0.0867. The third kappa shape index (κ3) is 3.66. The second kappa shape index (κ2) is 7.90. The molecule has 28 heavy (non-hydrogen) atoms. The Hall–Kier alpha value is -3.06. The Morgan fingerprint density at radius 2 is 1.89 bits per heavy atom. The minimum atomic E-state index is -0.376. The molecule has 1 N–H and O–H groups in total. The summed E-state index contributed by atoms with van der Waals surface area (Å²) in [5, 5.41) is 21.3. The SMILES string of the molecule is O=C(Cc1ccc(-n2cnnn2)cc1)N1CCCC(CO)(c2ccccc2)C1. The smallest absolute Gasteiger partial charge is 0.227 e. The van der Waals surface area contributed by atoms with Gasteiger partial charge < -0.3 is 10.0 Å². The van der Waals surface area contributed by atoms with Crippen LogP contribution in [0.3, 0.4) is 0 Å². The fourth-order valence-electron chi connectivity index (χ4n) is 3.92. The number of carbonyl (C=O) groups is 1. The summed E-state index contributed by atoms with van der Waals surface area (Å²) in [6.45, 7) is 1.33. The van der Waals surface area contributed by atoms with Crippen molar-refractivity contribution in [2.45, 2.75) is 24.7 Å². The second-order valence-electron chi connectivity index (χ2n) is 7.32. The van der Waals surface area contributed by atoms with E-state index in [1.165, 1.54) is 6.33 Å². The van der Waals surface area contributed by atoms with E-state index in [9.17, 15) is 9.90 Å². The summed E-state index contributed by atoms with van der Waals surface area (Å²) >= 11 is 0. The standard InChI is InChI=1S/C21H23N5O2/c27-15-21(18-5-2-1-3-6-18)11-4-12-25(14-21)20(28)13-17-7-9-19(10-8-17)26-16-22-23-24-26/h1-3,5-10,16,27H,4,11-15H2. The molecule has 2 aromatic carbocycles. The van der Waals surface area contributed by atoms with Crippen LogP contribution in [-0.2, 0) is 16.6 Å². The van der Waals surface area contributed by atoms with Gasteiger partial charge in [0.2, 0.25) is 5.91 Å². The number of rotatable bonds is 5. The summed E-state index contributed by atoms with van der Waals surface area (Å²) in [6.07, 6.45) is 3.65. The Balaban J connectivity index is 1.46. The van der Waals surface area contributed by atoms with E-state index in [2.05, 4.69) is 15.5 Å². The number of amides is 1. The summed E-state index contributed by atoms with van der Waals surface area (Å²) in [5.41, 5.74) is 2.52. The lowest BCUT2D eigenvalue weighted by atomic mass is 9.74. The van der Waals surface area contributed by atoms with Crippen LogP contribution >= 0.6 is 0 Å². The van der Waals surface area contributed by atoms with E-state index in [4.69, 9.17) is 0 Å². The lowest BCUT2D eigenvalue weighted by Crippen LogP contribution is -2.50. The van der Waals surface area contributed by atoms with E-state index in [0.29, 0.717) is 13.0 Å². The van der Waals surface area contributed by atoms with Crippen molar-refractivity contribution in [3.8, 4) is 5.69 Å². The van der Waals surface area contributed by atoms with E-state index < -0.39 is 0 Å². The number of aromatic nitrogens is 4. The van der Waals surface area contributed by atoms with Crippen molar-refractivity contribution in [3.05, 3.63) is 72.1 Å². The van der Waals surface area contributed by atoms with Gasteiger partial charge in [-0.25, -0.2) is 4.68 Å². The highest BCUT2D eigenvalue weighted by atomic mass is 16.3. The number of piperidine rings is 1. The number of tetrazole rings is 1. The summed E-state index contributed by atoms with van der Waals surface area (Å²) in [4.78, 5) is 14.8. The maximum atomic E-state index is 12.9. The number of carbonyl (C=O) groups excluding carboxylic acids is 1. The van der Waals surface area contributed by atoms with Gasteiger partial charge in [-0.15, -0.1) is 5.10 Å². The highest BCUT2D eigenvalue weighted by Crippen LogP contribution is 2.34. The maximum Gasteiger partial charge on any atom is 0.227 e. The van der Waals surface area contributed by atoms with Crippen LogP contribution in [0.2, 0.25) is 0 Å². The number of benzene rings is 2. The van der Waals surface area contributed by atoms with Gasteiger partial charge in [-0.05, 0) is 46.5 Å². The van der Waals surface area contributed by atoms with Crippen LogP contribution in [0, 0.1) is 0 Å². The molecule has 7 heteroatoms. The Kier molecular flexibility index (Phi) is 5.16. The van der Waals surface area contributed by atoms with Crippen LogP contribution in [-0.4, -0.2) is 55.8 Å². The first kappa shape index (κ1) is 18.3. The lowest BCUT2D eigenvalue weighted by Gasteiger charge is -2.42. The fourth-order valence-corrected chi connectivity index (χ4v) is 3.92. The molecule has 1 saturated heterocycles. The molecule has 4 rings (SSSR count). The van der Waals surface area contributed by atoms with Crippen LogP contribution in [0.1, 0.15) is 24.0 Å². The van der Waals surface area contributed by atoms with Crippen molar-refractivity contribution in [2.24, 2.45) is 0 Å². The molecular weight excluding hydrogens is 354 g/mol. The van der Waals surface area contributed by atoms with E-state index in [1.54, 1.807) is 4.68 Å². The Labute approximate surface area is 163 Å². The quantitative estimate of drug-likeness (QED) is 0.732. The molecule has 7 nitrogen and oxygen atoms in total. The third-order valence-electron chi connectivity index (χ3n) is 5.52. The Morgan fingerprint density at radius 1 is 1.11 bits per heavy atom. The maximum absolute atomic E-state index is 12.9. The van der Waals surface area contributed by atoms with Crippen molar-refractivity contribution in [3.63, 3.8) is 0 Å². The molecule has 144 valence electrons. The van der Waals surface area contributed by atoms with Crippen LogP contribution in [0.15, 0.2) is 60.9 Å². The van der Waals surface area contributed by atoms with Gasteiger partial charge in [-0.2, -0.15) is 0 Å². The first-order valence-corrected chi connectivity index (χ1v) is 9.47. The predicted molar refractivity (Wildman–Crippen MR) is 104 cm³/mol. The molecule has 1 unspecified atom stereocenters. The number of aliphatic hydroxyl groups excluding tert-OH is 1. The lowest BCUT2D eigenvalue weighted by molar-refractivity contribution is -0.133. The van der Waals surface area contributed by atoms with Crippen LogP contribution < -0.4 is 0 Å². The zero-order chi connectivity index (χ0) is 19.4. The van der Waals surface area contributed by atoms with Crippen molar-refractivity contribution >= 4 is 5.91 Å². The molecule has 0 saturated carbocycles. The molecule has 1 amide bonds. The Morgan fingerprint density at radius 3 is 2.57 bits per heavy atom. The average Bonchev–Trinajstić information content (AvgIpc) is 3.30. The minimum absolute atomic E-state index is 0.0431. The Bertz CT molecular complexity index is 912. The molecule has 0 radical (unpaired) electrons. The normalized spacial score (nSPS) is 19.5. The molecule has 0 bridgehead atoms. The van der Waals surface area contributed by atoms with Crippen LogP contribution in [0.4, 0.5) is 0 Å². The molecule has 0 aliphatic carbocycles. The molecule has 2 heterocycles. The molecule has 1 aliphatic heterocycles. The molecule has 0 spiro atoms. The first-order chi connectivity index (χ1) is 13.7. The highest BCUT2D eigenvalue weighted by molar-refractivity contribution is 5.79. The van der Waals surface area contributed by atoms with Gasteiger partial charge >= 0.3 is 0 Å². The fraction of sp³-hybridized carbons (Fsp3) is 0.333. The predicted octanol–water partition coefficient (Wildman–Crippen LogP) is 1.76. The van der Waals surface area contributed by atoms with Crippen molar-refractivity contribution < 1.29 is 9.90 Å². The van der Waals surface area contributed by atoms with Crippen molar-refractivity contribution in [1.29, 1.82) is 0 Å². The number of likely N-dealkylation sites (tertiary alicyclic amines) is 1. The van der Waals surface area contributed by atoms with Gasteiger partial charge in [0.25, 0.3) is 0 Å². The van der Waals surface area contributed by atoms with Gasteiger partial charge in [0.05, 0.1) is 18.7 Å². The molecule has 1 atom stereocenters. The molecular formula is C21H23N5O2. The highest BCUT2D eigenvalue weighted by Gasteiger charge is 2.38. The summed E-state index contributed by atoms with van der Waals surface area (Å²) in [7, 11) is 0. The van der Waals surface area contributed by atoms with Crippen molar-refractivity contribution in [1.82, 2.24) is 25.1 Å². The topological polar surface area (TPSA) is 84.1 Å². The number of nitrogens with zero attached hydrogens (tertiary/aromatic N) is 5. The van der Waals surface area contributed by atoms with Gasteiger partial charge in [-0.3, -0.25) is 4.79 Å². The van der Waals surface area contributed by atoms with Gasteiger partial charge in [-0.1, -0.05) is 42.5 Å². The zero-order valence-corrected chi connectivity index (χ0v) is 15.6. The van der Waals surface area contributed by atoms with Gasteiger partial charge in [0, 0.05) is 18.5 Å². The number of hydrogen-bond acceptors (Lipinski definition) is 5. The number of hydrogen-bond donors (Lipinski definition) is 1. The van der Waals surface area contributed by atoms with Crippen molar-refractivity contribution in [2.75, 3.05) is 19.7 Å². The van der Waals surface area contributed by atoms with E-state index >= 15 is 0 Å². The number of aliphatic hydroxyl groups is 1.